The molecule has 0 bridgehead atoms. The standard InChI is InChI=1S/C17H24N4O3/c1-2-24-17(23)21-10-7-13(8-11-21)20-16(22)14-4-3-9-18-15(14)19-12-5-6-12/h3-4,9,12-13H,2,5-8,10-11H2,1H3,(H,18,19)(H,20,22). The second-order valence-electron chi connectivity index (χ2n) is 6.25. The number of anilines is 1. The van der Waals surface area contributed by atoms with Crippen molar-refractivity contribution in [1.82, 2.24) is 15.2 Å². The molecule has 2 amide bonds. The monoisotopic (exact) mass is 332 g/mol. The SMILES string of the molecule is CCOC(=O)N1CCC(NC(=O)c2cccnc2NC2CC2)CC1. The minimum absolute atomic E-state index is 0.0668. The molecule has 0 spiro atoms. The first-order valence-electron chi connectivity index (χ1n) is 8.61. The summed E-state index contributed by atoms with van der Waals surface area (Å²) in [6, 6.07) is 4.08. The Bertz CT molecular complexity index is 595. The maximum atomic E-state index is 12.6. The van der Waals surface area contributed by atoms with Crippen LogP contribution in [0.1, 0.15) is 43.0 Å². The summed E-state index contributed by atoms with van der Waals surface area (Å²) in [5, 5.41) is 6.36. The maximum absolute atomic E-state index is 12.6. The molecule has 7 heteroatoms. The lowest BCUT2D eigenvalue weighted by atomic mass is 10.0. The van der Waals surface area contributed by atoms with E-state index in [0.29, 0.717) is 37.1 Å². The highest BCUT2D eigenvalue weighted by Crippen LogP contribution is 2.25. The Kier molecular flexibility index (Phi) is 5.17. The molecule has 0 aromatic carbocycles. The third kappa shape index (κ3) is 4.15. The van der Waals surface area contributed by atoms with Gasteiger partial charge in [0.15, 0.2) is 0 Å². The number of amides is 2. The first-order valence-corrected chi connectivity index (χ1v) is 8.61. The Morgan fingerprint density at radius 1 is 1.25 bits per heavy atom. The van der Waals surface area contributed by atoms with Crippen molar-refractivity contribution in [2.75, 3.05) is 25.0 Å². The zero-order chi connectivity index (χ0) is 16.9. The first-order chi connectivity index (χ1) is 11.7. The van der Waals surface area contributed by atoms with Gasteiger partial charge in [-0.15, -0.1) is 0 Å². The molecule has 1 aliphatic carbocycles. The summed E-state index contributed by atoms with van der Waals surface area (Å²) in [6.45, 7) is 3.38. The second kappa shape index (κ2) is 7.51. The zero-order valence-corrected chi connectivity index (χ0v) is 14.0. The number of carbonyl (C=O) groups is 2. The van der Waals surface area contributed by atoms with Crippen molar-refractivity contribution in [3.8, 4) is 0 Å². The molecular weight excluding hydrogens is 308 g/mol. The first kappa shape index (κ1) is 16.5. The molecule has 130 valence electrons. The number of aromatic nitrogens is 1. The van der Waals surface area contributed by atoms with Gasteiger partial charge in [-0.2, -0.15) is 0 Å². The molecule has 0 radical (unpaired) electrons. The van der Waals surface area contributed by atoms with Crippen LogP contribution in [0.4, 0.5) is 10.6 Å². The topological polar surface area (TPSA) is 83.6 Å². The van der Waals surface area contributed by atoms with Crippen LogP contribution in [-0.4, -0.2) is 53.7 Å². The number of carbonyl (C=O) groups excluding carboxylic acids is 2. The number of likely N-dealkylation sites (tertiary alicyclic amines) is 1. The van der Waals surface area contributed by atoms with E-state index in [1.54, 1.807) is 30.2 Å². The van der Waals surface area contributed by atoms with Gasteiger partial charge in [-0.3, -0.25) is 4.79 Å². The van der Waals surface area contributed by atoms with E-state index in [2.05, 4.69) is 15.6 Å². The van der Waals surface area contributed by atoms with Gasteiger partial charge >= 0.3 is 6.09 Å². The van der Waals surface area contributed by atoms with Gasteiger partial charge in [0.2, 0.25) is 0 Å². The Morgan fingerprint density at radius 3 is 2.67 bits per heavy atom. The minimum Gasteiger partial charge on any atom is -0.450 e. The molecular formula is C17H24N4O3. The number of hydrogen-bond donors (Lipinski definition) is 2. The zero-order valence-electron chi connectivity index (χ0n) is 14.0. The van der Waals surface area contributed by atoms with Crippen molar-refractivity contribution >= 4 is 17.8 Å². The molecule has 1 saturated carbocycles. The van der Waals surface area contributed by atoms with Crippen LogP contribution in [0.25, 0.3) is 0 Å². The number of hydrogen-bond acceptors (Lipinski definition) is 5. The Balaban J connectivity index is 1.53. The van der Waals surface area contributed by atoms with Gasteiger partial charge in [0, 0.05) is 31.4 Å². The lowest BCUT2D eigenvalue weighted by molar-refractivity contribution is 0.0860. The van der Waals surface area contributed by atoms with Crippen LogP contribution in [0, 0.1) is 0 Å². The predicted octanol–water partition coefficient (Wildman–Crippen LogP) is 2.01. The van der Waals surface area contributed by atoms with E-state index < -0.39 is 0 Å². The summed E-state index contributed by atoms with van der Waals surface area (Å²) in [6.07, 6.45) is 5.14. The number of pyridine rings is 1. The third-order valence-electron chi connectivity index (χ3n) is 4.33. The Labute approximate surface area is 141 Å². The van der Waals surface area contributed by atoms with Crippen LogP contribution in [0.3, 0.4) is 0 Å². The molecule has 0 unspecified atom stereocenters. The van der Waals surface area contributed by atoms with Crippen molar-refractivity contribution in [3.63, 3.8) is 0 Å². The fourth-order valence-electron chi connectivity index (χ4n) is 2.81. The average molecular weight is 332 g/mol. The molecule has 1 aliphatic heterocycles. The summed E-state index contributed by atoms with van der Waals surface area (Å²) in [5.41, 5.74) is 0.581. The molecule has 1 aromatic heterocycles. The summed E-state index contributed by atoms with van der Waals surface area (Å²) in [5.74, 6) is 0.544. The lowest BCUT2D eigenvalue weighted by Crippen LogP contribution is -2.46. The van der Waals surface area contributed by atoms with E-state index in [0.717, 1.165) is 25.7 Å². The van der Waals surface area contributed by atoms with Crippen LogP contribution in [0.2, 0.25) is 0 Å². The fraction of sp³-hybridized carbons (Fsp3) is 0.588. The summed E-state index contributed by atoms with van der Waals surface area (Å²) >= 11 is 0. The highest BCUT2D eigenvalue weighted by Gasteiger charge is 2.27. The van der Waals surface area contributed by atoms with E-state index in [1.807, 2.05) is 0 Å². The summed E-state index contributed by atoms with van der Waals surface area (Å²) < 4.78 is 5.01. The van der Waals surface area contributed by atoms with Gasteiger partial charge in [-0.05, 0) is 44.7 Å². The highest BCUT2D eigenvalue weighted by molar-refractivity contribution is 5.98. The van der Waals surface area contributed by atoms with Gasteiger partial charge in [0.05, 0.1) is 12.2 Å². The Morgan fingerprint density at radius 2 is 2.00 bits per heavy atom. The van der Waals surface area contributed by atoms with Crippen molar-refractivity contribution in [2.24, 2.45) is 0 Å². The minimum atomic E-state index is -0.273. The molecule has 1 saturated heterocycles. The summed E-state index contributed by atoms with van der Waals surface area (Å²) in [4.78, 5) is 30.2. The molecule has 1 aromatic rings. The fourth-order valence-corrected chi connectivity index (χ4v) is 2.81. The van der Waals surface area contributed by atoms with Crippen molar-refractivity contribution in [3.05, 3.63) is 23.9 Å². The molecule has 24 heavy (non-hydrogen) atoms. The van der Waals surface area contributed by atoms with Crippen LogP contribution >= 0.6 is 0 Å². The van der Waals surface area contributed by atoms with Gasteiger partial charge in [0.25, 0.3) is 5.91 Å². The quantitative estimate of drug-likeness (QED) is 0.862. The summed E-state index contributed by atoms with van der Waals surface area (Å²) in [7, 11) is 0. The van der Waals surface area contributed by atoms with Crippen LogP contribution in [0.15, 0.2) is 18.3 Å². The van der Waals surface area contributed by atoms with E-state index in [-0.39, 0.29) is 18.0 Å². The lowest BCUT2D eigenvalue weighted by Gasteiger charge is -2.31. The van der Waals surface area contributed by atoms with Gasteiger partial charge < -0.3 is 20.3 Å². The molecule has 2 heterocycles. The van der Waals surface area contributed by atoms with E-state index in [1.165, 1.54) is 0 Å². The number of nitrogens with zero attached hydrogens (tertiary/aromatic N) is 2. The average Bonchev–Trinajstić information content (AvgIpc) is 3.40. The van der Waals surface area contributed by atoms with Crippen molar-refractivity contribution in [1.29, 1.82) is 0 Å². The molecule has 3 rings (SSSR count). The molecule has 7 nitrogen and oxygen atoms in total. The van der Waals surface area contributed by atoms with Crippen LogP contribution < -0.4 is 10.6 Å². The van der Waals surface area contributed by atoms with Crippen LogP contribution in [-0.2, 0) is 4.74 Å². The van der Waals surface area contributed by atoms with Gasteiger partial charge in [-0.25, -0.2) is 9.78 Å². The normalized spacial score (nSPS) is 18.1. The van der Waals surface area contributed by atoms with E-state index in [4.69, 9.17) is 4.74 Å². The molecule has 0 atom stereocenters. The van der Waals surface area contributed by atoms with Crippen molar-refractivity contribution < 1.29 is 14.3 Å². The smallest absolute Gasteiger partial charge is 0.409 e. The number of nitrogens with one attached hydrogen (secondary N) is 2. The van der Waals surface area contributed by atoms with Gasteiger partial charge in [-0.1, -0.05) is 0 Å². The van der Waals surface area contributed by atoms with E-state index >= 15 is 0 Å². The number of piperidine rings is 1. The molecule has 2 N–H and O–H groups in total. The highest BCUT2D eigenvalue weighted by atomic mass is 16.6. The number of rotatable bonds is 5. The maximum Gasteiger partial charge on any atom is 0.409 e. The van der Waals surface area contributed by atoms with E-state index in [9.17, 15) is 9.59 Å². The largest absolute Gasteiger partial charge is 0.450 e. The van der Waals surface area contributed by atoms with Crippen molar-refractivity contribution in [2.45, 2.75) is 44.7 Å². The number of ether oxygens (including phenoxy) is 1. The third-order valence-corrected chi connectivity index (χ3v) is 4.33. The second-order valence-corrected chi connectivity index (χ2v) is 6.25. The predicted molar refractivity (Wildman–Crippen MR) is 90.0 cm³/mol. The molecule has 2 aliphatic rings. The Hall–Kier alpha value is -2.31. The van der Waals surface area contributed by atoms with Crippen LogP contribution in [0.5, 0.6) is 0 Å². The van der Waals surface area contributed by atoms with Gasteiger partial charge in [0.1, 0.15) is 5.82 Å². The molecule has 2 fully saturated rings.